The molecule has 3 N–H and O–H groups in total. The molecule has 24 heavy (non-hydrogen) atoms. The number of rotatable bonds is 0. The van der Waals surface area contributed by atoms with E-state index in [1.165, 1.54) is 44.2 Å². The van der Waals surface area contributed by atoms with Crippen LogP contribution >= 0.6 is 0 Å². The Hall–Kier alpha value is -0.570. The zero-order chi connectivity index (χ0) is 17.3. The quantitative estimate of drug-likeness (QED) is 0.512. The average molecular weight is 333 g/mol. The monoisotopic (exact) mass is 332 g/mol. The topological polar surface area (TPSA) is 58.6 Å². The molecule has 4 aliphatic carbocycles. The van der Waals surface area contributed by atoms with Crippen LogP contribution in [0.5, 0.6) is 0 Å². The van der Waals surface area contributed by atoms with E-state index in [1.54, 1.807) is 0 Å². The summed E-state index contributed by atoms with van der Waals surface area (Å²) < 4.78 is 0. The summed E-state index contributed by atoms with van der Waals surface area (Å²) in [6.07, 6.45) is 9.81. The molecule has 136 valence electrons. The predicted molar refractivity (Wildman–Crippen MR) is 98.5 cm³/mol. The highest BCUT2D eigenvalue weighted by Gasteiger charge is 2.63. The SMILES string of the molecule is C[C@@H]1C[C@@]2(C)[C@H](CC[C@@H]3[C@H]2CC[C@@]2(C)[C@H]3CC[C@]2(C)O)CC1=NN. The largest absolute Gasteiger partial charge is 0.390 e. The van der Waals surface area contributed by atoms with E-state index in [4.69, 9.17) is 5.84 Å². The molecule has 0 spiro atoms. The van der Waals surface area contributed by atoms with Crippen LogP contribution < -0.4 is 5.84 Å². The fourth-order valence-corrected chi connectivity index (χ4v) is 7.84. The second-order valence-electron chi connectivity index (χ2n) is 10.4. The molecule has 3 heteroatoms. The average Bonchev–Trinajstić information content (AvgIpc) is 2.76. The highest BCUT2D eigenvalue weighted by Crippen LogP contribution is 2.68. The van der Waals surface area contributed by atoms with Crippen molar-refractivity contribution in [1.29, 1.82) is 0 Å². The van der Waals surface area contributed by atoms with E-state index in [1.807, 2.05) is 0 Å². The number of nitrogens with two attached hydrogens (primary N) is 1. The van der Waals surface area contributed by atoms with Gasteiger partial charge in [0.05, 0.1) is 5.60 Å². The molecule has 3 nitrogen and oxygen atoms in total. The Morgan fingerprint density at radius 2 is 1.75 bits per heavy atom. The molecule has 0 aromatic carbocycles. The molecule has 4 rings (SSSR count). The fourth-order valence-electron chi connectivity index (χ4n) is 7.84. The molecule has 0 unspecified atom stereocenters. The molecular formula is C21H36N2O. The van der Waals surface area contributed by atoms with E-state index in [9.17, 15) is 5.11 Å². The number of nitrogens with zero attached hydrogens (tertiary/aromatic N) is 1. The molecule has 0 heterocycles. The zero-order valence-corrected chi connectivity index (χ0v) is 16.0. The van der Waals surface area contributed by atoms with Crippen LogP contribution in [0, 0.1) is 40.4 Å². The van der Waals surface area contributed by atoms with Gasteiger partial charge in [-0.3, -0.25) is 0 Å². The lowest BCUT2D eigenvalue weighted by Crippen LogP contribution is -2.56. The standard InChI is InChI=1S/C21H36N2O/c1-13-12-19(2)14(11-18(13)23-22)5-6-15-16(19)7-9-20(3)17(15)8-10-21(20,4)24/h13-17,24H,5-12,22H2,1-4H3/t13-,14-,15-,16-,17+,19+,20+,21+/m1/s1. The van der Waals surface area contributed by atoms with Gasteiger partial charge in [-0.2, -0.15) is 5.10 Å². The summed E-state index contributed by atoms with van der Waals surface area (Å²) in [5.74, 6) is 9.36. The van der Waals surface area contributed by atoms with Crippen LogP contribution in [-0.4, -0.2) is 16.4 Å². The van der Waals surface area contributed by atoms with E-state index >= 15 is 0 Å². The van der Waals surface area contributed by atoms with Crippen molar-refractivity contribution < 1.29 is 5.11 Å². The van der Waals surface area contributed by atoms with Crippen LogP contribution in [0.2, 0.25) is 0 Å². The minimum Gasteiger partial charge on any atom is -0.390 e. The third kappa shape index (κ3) is 2.03. The maximum atomic E-state index is 11.0. The van der Waals surface area contributed by atoms with Crippen LogP contribution in [0.25, 0.3) is 0 Å². The Bertz CT molecular complexity index is 556. The Morgan fingerprint density at radius 1 is 1.04 bits per heavy atom. The highest BCUT2D eigenvalue weighted by atomic mass is 16.3. The summed E-state index contributed by atoms with van der Waals surface area (Å²) in [5, 5.41) is 15.1. The highest BCUT2D eigenvalue weighted by molar-refractivity contribution is 5.87. The van der Waals surface area contributed by atoms with Gasteiger partial charge in [0.25, 0.3) is 0 Å². The van der Waals surface area contributed by atoms with Gasteiger partial charge in [0.2, 0.25) is 0 Å². The van der Waals surface area contributed by atoms with E-state index < -0.39 is 5.60 Å². The normalized spacial score (nSPS) is 58.9. The van der Waals surface area contributed by atoms with E-state index in [2.05, 4.69) is 32.8 Å². The minimum atomic E-state index is -0.459. The van der Waals surface area contributed by atoms with Gasteiger partial charge in [0.1, 0.15) is 0 Å². The van der Waals surface area contributed by atoms with Crippen molar-refractivity contribution in [3.8, 4) is 0 Å². The van der Waals surface area contributed by atoms with E-state index in [-0.39, 0.29) is 5.41 Å². The first-order chi connectivity index (χ1) is 11.2. The Kier molecular flexibility index (Phi) is 3.67. The fraction of sp³-hybridized carbons (Fsp3) is 0.952. The minimum absolute atomic E-state index is 0.140. The van der Waals surface area contributed by atoms with Crippen LogP contribution in [0.3, 0.4) is 0 Å². The van der Waals surface area contributed by atoms with Gasteiger partial charge >= 0.3 is 0 Å². The molecule has 4 fully saturated rings. The first-order valence-corrected chi connectivity index (χ1v) is 10.2. The summed E-state index contributed by atoms with van der Waals surface area (Å²) in [6, 6.07) is 0. The van der Waals surface area contributed by atoms with Crippen LogP contribution in [0.4, 0.5) is 0 Å². The second kappa shape index (κ2) is 5.22. The number of fused-ring (bicyclic) bond motifs is 5. The van der Waals surface area contributed by atoms with Gasteiger partial charge in [-0.1, -0.05) is 20.8 Å². The van der Waals surface area contributed by atoms with Crippen LogP contribution in [-0.2, 0) is 0 Å². The third-order valence-electron chi connectivity index (χ3n) is 9.56. The maximum absolute atomic E-state index is 11.0. The van der Waals surface area contributed by atoms with Crippen LogP contribution in [0.15, 0.2) is 5.10 Å². The first-order valence-electron chi connectivity index (χ1n) is 10.2. The molecule has 0 amide bonds. The predicted octanol–water partition coefficient (Wildman–Crippen LogP) is 4.34. The molecule has 0 bridgehead atoms. The zero-order valence-electron chi connectivity index (χ0n) is 16.0. The molecule has 0 radical (unpaired) electrons. The third-order valence-corrected chi connectivity index (χ3v) is 9.56. The van der Waals surface area contributed by atoms with Gasteiger partial charge < -0.3 is 10.9 Å². The summed E-state index contributed by atoms with van der Waals surface area (Å²) in [7, 11) is 0. The lowest BCUT2D eigenvalue weighted by Gasteiger charge is -2.61. The van der Waals surface area contributed by atoms with Crippen LogP contribution in [0.1, 0.15) is 79.1 Å². The van der Waals surface area contributed by atoms with Crippen molar-refractivity contribution in [1.82, 2.24) is 0 Å². The Morgan fingerprint density at radius 3 is 2.46 bits per heavy atom. The van der Waals surface area contributed by atoms with Gasteiger partial charge in [-0.25, -0.2) is 0 Å². The Labute approximate surface area is 147 Å². The van der Waals surface area contributed by atoms with Gasteiger partial charge in [-0.05, 0) is 98.7 Å². The van der Waals surface area contributed by atoms with E-state index in [0.717, 1.165) is 36.5 Å². The number of hydrazone groups is 1. The molecular weight excluding hydrogens is 296 g/mol. The molecule has 0 saturated heterocycles. The van der Waals surface area contributed by atoms with Crippen molar-refractivity contribution in [2.24, 2.45) is 51.4 Å². The number of hydrogen-bond acceptors (Lipinski definition) is 3. The summed E-state index contributed by atoms with van der Waals surface area (Å²) in [4.78, 5) is 0. The lowest BCUT2D eigenvalue weighted by atomic mass is 9.44. The Balaban J connectivity index is 1.64. The first kappa shape index (κ1) is 16.9. The smallest absolute Gasteiger partial charge is 0.0675 e. The van der Waals surface area contributed by atoms with Crippen molar-refractivity contribution in [3.05, 3.63) is 0 Å². The summed E-state index contributed by atoms with van der Waals surface area (Å²) in [5.41, 5.74) is 1.38. The van der Waals surface area contributed by atoms with Gasteiger partial charge in [-0.15, -0.1) is 0 Å². The lowest BCUT2D eigenvalue weighted by molar-refractivity contribution is -0.142. The molecule has 8 atom stereocenters. The molecule has 4 saturated carbocycles. The van der Waals surface area contributed by atoms with Crippen molar-refractivity contribution in [2.75, 3.05) is 0 Å². The summed E-state index contributed by atoms with van der Waals surface area (Å²) in [6.45, 7) is 9.39. The van der Waals surface area contributed by atoms with Gasteiger partial charge in [0, 0.05) is 5.71 Å². The van der Waals surface area contributed by atoms with E-state index in [0.29, 0.717) is 11.3 Å². The second-order valence-corrected chi connectivity index (χ2v) is 10.4. The summed E-state index contributed by atoms with van der Waals surface area (Å²) >= 11 is 0. The van der Waals surface area contributed by atoms with Gasteiger partial charge in [0.15, 0.2) is 0 Å². The molecule has 4 aliphatic rings. The molecule has 0 aromatic rings. The molecule has 0 aromatic heterocycles. The number of aliphatic hydroxyl groups is 1. The van der Waals surface area contributed by atoms with Crippen molar-refractivity contribution in [3.63, 3.8) is 0 Å². The maximum Gasteiger partial charge on any atom is 0.0675 e. The van der Waals surface area contributed by atoms with Crippen molar-refractivity contribution in [2.45, 2.75) is 84.7 Å². The molecule has 0 aliphatic heterocycles. The van der Waals surface area contributed by atoms with Crippen molar-refractivity contribution >= 4 is 5.71 Å². The number of hydrogen-bond donors (Lipinski definition) is 2.